The number of halogens is 3. The predicted octanol–water partition coefficient (Wildman–Crippen LogP) is 6.56. The summed E-state index contributed by atoms with van der Waals surface area (Å²) in [6.45, 7) is 1.97. The van der Waals surface area contributed by atoms with E-state index in [2.05, 4.69) is 10.2 Å². The van der Waals surface area contributed by atoms with Crippen molar-refractivity contribution in [2.24, 2.45) is 0 Å². The molecule has 0 spiro atoms. The smallest absolute Gasteiger partial charge is 0.416 e. The Labute approximate surface area is 188 Å². The highest BCUT2D eigenvalue weighted by Crippen LogP contribution is 2.36. The van der Waals surface area contributed by atoms with Gasteiger partial charge in [-0.05, 0) is 54.4 Å². The molecule has 0 atom stereocenters. The minimum absolute atomic E-state index is 0.113. The molecule has 0 aliphatic heterocycles. The molecular weight excluding hydrogens is 435 g/mol. The van der Waals surface area contributed by atoms with E-state index in [4.69, 9.17) is 4.74 Å². The summed E-state index contributed by atoms with van der Waals surface area (Å²) in [4.78, 5) is 0. The lowest BCUT2D eigenvalue weighted by molar-refractivity contribution is -0.138. The summed E-state index contributed by atoms with van der Waals surface area (Å²) < 4.78 is 47.3. The molecule has 0 unspecified atom stereocenters. The monoisotopic (exact) mass is 455 g/mol. The Morgan fingerprint density at radius 1 is 0.906 bits per heavy atom. The van der Waals surface area contributed by atoms with Crippen molar-refractivity contribution in [2.45, 2.75) is 24.0 Å². The Hall–Kier alpha value is -3.26. The van der Waals surface area contributed by atoms with Crippen molar-refractivity contribution >= 4 is 11.8 Å². The van der Waals surface area contributed by atoms with Crippen molar-refractivity contribution in [1.29, 1.82) is 0 Å². The van der Waals surface area contributed by atoms with Crippen molar-refractivity contribution in [1.82, 2.24) is 14.8 Å². The Bertz CT molecular complexity index is 1220. The molecule has 4 nitrogen and oxygen atoms in total. The number of alkyl halides is 3. The summed E-state index contributed by atoms with van der Waals surface area (Å²) in [6, 6.07) is 20.8. The zero-order chi connectivity index (χ0) is 22.7. The van der Waals surface area contributed by atoms with Gasteiger partial charge in [-0.2, -0.15) is 13.2 Å². The third kappa shape index (κ3) is 4.50. The summed E-state index contributed by atoms with van der Waals surface area (Å²) in [6.07, 6.45) is -4.41. The van der Waals surface area contributed by atoms with E-state index in [0.717, 1.165) is 22.9 Å². The molecular formula is C24H20F3N3OS. The predicted molar refractivity (Wildman–Crippen MR) is 119 cm³/mol. The molecule has 32 heavy (non-hydrogen) atoms. The first-order valence-corrected chi connectivity index (χ1v) is 10.8. The van der Waals surface area contributed by atoms with Gasteiger partial charge in [-0.1, -0.05) is 48.2 Å². The quantitative estimate of drug-likeness (QED) is 0.309. The lowest BCUT2D eigenvalue weighted by Gasteiger charge is -2.14. The minimum Gasteiger partial charge on any atom is -0.497 e. The molecule has 3 aromatic carbocycles. The van der Waals surface area contributed by atoms with Crippen LogP contribution in [0.3, 0.4) is 0 Å². The van der Waals surface area contributed by atoms with Crippen LogP contribution in [0.2, 0.25) is 0 Å². The normalized spacial score (nSPS) is 11.5. The van der Waals surface area contributed by atoms with E-state index in [-0.39, 0.29) is 11.3 Å². The van der Waals surface area contributed by atoms with Crippen molar-refractivity contribution in [3.63, 3.8) is 0 Å². The number of para-hydroxylation sites is 1. The highest BCUT2D eigenvalue weighted by Gasteiger charge is 2.33. The van der Waals surface area contributed by atoms with Crippen LogP contribution < -0.4 is 4.74 Å². The number of benzene rings is 3. The second kappa shape index (κ2) is 9.08. The third-order valence-electron chi connectivity index (χ3n) is 5.02. The van der Waals surface area contributed by atoms with Crippen LogP contribution in [0.5, 0.6) is 5.75 Å². The van der Waals surface area contributed by atoms with Gasteiger partial charge in [0, 0.05) is 11.3 Å². The SMILES string of the molecule is COc1ccc(-c2nnc(SCc3ccccc3C(F)(F)F)n2-c2ccccc2C)cc1. The fourth-order valence-corrected chi connectivity index (χ4v) is 4.34. The van der Waals surface area contributed by atoms with Crippen LogP contribution in [0.15, 0.2) is 78.0 Å². The van der Waals surface area contributed by atoms with Gasteiger partial charge in [0.15, 0.2) is 11.0 Å². The molecule has 4 rings (SSSR count). The second-order valence-corrected chi connectivity index (χ2v) is 8.04. The Morgan fingerprint density at radius 2 is 1.59 bits per heavy atom. The van der Waals surface area contributed by atoms with Crippen LogP contribution in [0, 0.1) is 6.92 Å². The van der Waals surface area contributed by atoms with Crippen LogP contribution >= 0.6 is 11.8 Å². The Kier molecular flexibility index (Phi) is 6.23. The first kappa shape index (κ1) is 22.0. The molecule has 0 amide bonds. The van der Waals surface area contributed by atoms with Gasteiger partial charge < -0.3 is 4.74 Å². The van der Waals surface area contributed by atoms with E-state index in [1.807, 2.05) is 60.0 Å². The maximum Gasteiger partial charge on any atom is 0.416 e. The summed E-state index contributed by atoms with van der Waals surface area (Å²) >= 11 is 1.22. The van der Waals surface area contributed by atoms with Crippen LogP contribution in [0.25, 0.3) is 17.1 Å². The third-order valence-corrected chi connectivity index (χ3v) is 6.00. The topological polar surface area (TPSA) is 39.9 Å². The Balaban J connectivity index is 1.75. The number of rotatable bonds is 6. The standard InChI is InChI=1S/C24H20F3N3OS/c1-16-7-3-6-10-21(16)30-22(17-11-13-19(31-2)14-12-17)28-29-23(30)32-15-18-8-4-5-9-20(18)24(25,26)27/h3-14H,15H2,1-2H3. The molecule has 0 saturated heterocycles. The van der Waals surface area contributed by atoms with Gasteiger partial charge in [0.25, 0.3) is 0 Å². The highest BCUT2D eigenvalue weighted by atomic mass is 32.2. The molecule has 4 aromatic rings. The molecule has 0 aliphatic carbocycles. The summed E-state index contributed by atoms with van der Waals surface area (Å²) in [5.74, 6) is 1.44. The first-order valence-electron chi connectivity index (χ1n) is 9.82. The summed E-state index contributed by atoms with van der Waals surface area (Å²) in [5.41, 5.74) is 2.26. The zero-order valence-corrected chi connectivity index (χ0v) is 18.2. The summed E-state index contributed by atoms with van der Waals surface area (Å²) in [7, 11) is 1.60. The van der Waals surface area contributed by atoms with Gasteiger partial charge in [0.2, 0.25) is 0 Å². The Morgan fingerprint density at radius 3 is 2.28 bits per heavy atom. The average molecular weight is 456 g/mol. The van der Waals surface area contributed by atoms with Gasteiger partial charge >= 0.3 is 6.18 Å². The largest absolute Gasteiger partial charge is 0.497 e. The number of methoxy groups -OCH3 is 1. The van der Waals surface area contributed by atoms with Crippen LogP contribution in [0.1, 0.15) is 16.7 Å². The summed E-state index contributed by atoms with van der Waals surface area (Å²) in [5, 5.41) is 9.21. The fraction of sp³-hybridized carbons (Fsp3) is 0.167. The van der Waals surface area contributed by atoms with Crippen molar-refractivity contribution in [3.05, 3.63) is 89.5 Å². The highest BCUT2D eigenvalue weighted by molar-refractivity contribution is 7.98. The van der Waals surface area contributed by atoms with Crippen molar-refractivity contribution in [3.8, 4) is 22.8 Å². The fourth-order valence-electron chi connectivity index (χ4n) is 3.39. The molecule has 1 aromatic heterocycles. The van der Waals surface area contributed by atoms with Gasteiger partial charge in [0.05, 0.1) is 18.4 Å². The molecule has 0 aliphatic rings. The van der Waals surface area contributed by atoms with Crippen LogP contribution in [0.4, 0.5) is 13.2 Å². The number of hydrogen-bond donors (Lipinski definition) is 0. The van der Waals surface area contributed by atoms with Gasteiger partial charge in [-0.25, -0.2) is 0 Å². The van der Waals surface area contributed by atoms with Gasteiger partial charge in [0.1, 0.15) is 5.75 Å². The molecule has 0 saturated carbocycles. The molecule has 0 N–H and O–H groups in total. The van der Waals surface area contributed by atoms with E-state index in [9.17, 15) is 13.2 Å². The van der Waals surface area contributed by atoms with Crippen LogP contribution in [-0.2, 0) is 11.9 Å². The number of ether oxygens (including phenoxy) is 1. The molecule has 1 heterocycles. The number of hydrogen-bond acceptors (Lipinski definition) is 4. The van der Waals surface area contributed by atoms with Crippen molar-refractivity contribution in [2.75, 3.05) is 7.11 Å². The minimum atomic E-state index is -4.41. The average Bonchev–Trinajstić information content (AvgIpc) is 3.21. The van der Waals surface area contributed by atoms with Gasteiger partial charge in [-0.15, -0.1) is 10.2 Å². The lowest BCUT2D eigenvalue weighted by atomic mass is 10.1. The van der Waals surface area contributed by atoms with E-state index >= 15 is 0 Å². The van der Waals surface area contributed by atoms with Crippen LogP contribution in [-0.4, -0.2) is 21.9 Å². The molecule has 8 heteroatoms. The zero-order valence-electron chi connectivity index (χ0n) is 17.4. The first-order chi connectivity index (χ1) is 15.4. The molecule has 0 radical (unpaired) electrons. The van der Waals surface area contributed by atoms with Crippen molar-refractivity contribution < 1.29 is 17.9 Å². The van der Waals surface area contributed by atoms with E-state index < -0.39 is 11.7 Å². The molecule has 164 valence electrons. The number of nitrogens with zero attached hydrogens (tertiary/aromatic N) is 3. The second-order valence-electron chi connectivity index (χ2n) is 7.10. The van der Waals surface area contributed by atoms with E-state index in [1.54, 1.807) is 13.2 Å². The number of aryl methyl sites for hydroxylation is 1. The maximum atomic E-state index is 13.4. The maximum absolute atomic E-state index is 13.4. The lowest BCUT2D eigenvalue weighted by Crippen LogP contribution is -2.08. The number of aromatic nitrogens is 3. The molecule has 0 bridgehead atoms. The van der Waals surface area contributed by atoms with E-state index in [1.165, 1.54) is 23.9 Å². The molecule has 0 fully saturated rings. The van der Waals surface area contributed by atoms with E-state index in [0.29, 0.717) is 16.7 Å². The number of thioether (sulfide) groups is 1. The van der Waals surface area contributed by atoms with Gasteiger partial charge in [-0.3, -0.25) is 4.57 Å².